The third-order valence-electron chi connectivity index (χ3n) is 2.15. The maximum Gasteiger partial charge on any atom is 0.408 e. The van der Waals surface area contributed by atoms with Crippen molar-refractivity contribution in [3.8, 4) is 0 Å². The zero-order chi connectivity index (χ0) is 14.6. The highest BCUT2D eigenvalue weighted by Gasteiger charge is 2.24. The Labute approximate surface area is 112 Å². The SMILES string of the molecule is CC(C)C[C@H](NC(=O)OC(C)(C)C)c1nnc(N)o1. The van der Waals surface area contributed by atoms with Crippen molar-refractivity contribution in [2.45, 2.75) is 52.7 Å². The number of ether oxygens (including phenoxy) is 1. The van der Waals surface area contributed by atoms with E-state index in [4.69, 9.17) is 14.9 Å². The average Bonchev–Trinajstić information content (AvgIpc) is 2.60. The quantitative estimate of drug-likeness (QED) is 0.869. The number of carbonyl (C=O) groups is 1. The van der Waals surface area contributed by atoms with Gasteiger partial charge in [0, 0.05) is 0 Å². The van der Waals surface area contributed by atoms with Crippen molar-refractivity contribution < 1.29 is 13.9 Å². The molecular formula is C12H22N4O3. The van der Waals surface area contributed by atoms with Crippen LogP contribution >= 0.6 is 0 Å². The summed E-state index contributed by atoms with van der Waals surface area (Å²) < 4.78 is 10.4. The van der Waals surface area contributed by atoms with E-state index >= 15 is 0 Å². The van der Waals surface area contributed by atoms with Crippen LogP contribution in [0.25, 0.3) is 0 Å². The fourth-order valence-electron chi connectivity index (χ4n) is 1.53. The third kappa shape index (κ3) is 5.58. The van der Waals surface area contributed by atoms with Gasteiger partial charge in [0.05, 0.1) is 0 Å². The molecule has 1 amide bonds. The van der Waals surface area contributed by atoms with Crippen molar-refractivity contribution in [1.82, 2.24) is 15.5 Å². The lowest BCUT2D eigenvalue weighted by molar-refractivity contribution is 0.0489. The minimum Gasteiger partial charge on any atom is -0.444 e. The van der Waals surface area contributed by atoms with Crippen molar-refractivity contribution in [2.75, 3.05) is 5.73 Å². The highest BCUT2D eigenvalue weighted by atomic mass is 16.6. The number of alkyl carbamates (subject to hydrolysis) is 1. The molecule has 0 bridgehead atoms. The number of nitrogens with two attached hydrogens (primary N) is 1. The summed E-state index contributed by atoms with van der Waals surface area (Å²) in [6.07, 6.45) is 0.135. The molecule has 0 aliphatic rings. The number of carbonyl (C=O) groups excluding carboxylic acids is 1. The Balaban J connectivity index is 2.73. The van der Waals surface area contributed by atoms with Gasteiger partial charge in [-0.1, -0.05) is 18.9 Å². The summed E-state index contributed by atoms with van der Waals surface area (Å²) in [5.41, 5.74) is 4.84. The highest BCUT2D eigenvalue weighted by molar-refractivity contribution is 5.68. The molecule has 0 saturated heterocycles. The molecule has 0 unspecified atom stereocenters. The summed E-state index contributed by atoms with van der Waals surface area (Å²) in [5, 5.41) is 10.1. The molecule has 0 saturated carbocycles. The molecule has 0 fully saturated rings. The van der Waals surface area contributed by atoms with Crippen LogP contribution in [0.4, 0.5) is 10.8 Å². The Hall–Kier alpha value is -1.79. The van der Waals surface area contributed by atoms with Crippen molar-refractivity contribution in [2.24, 2.45) is 5.92 Å². The van der Waals surface area contributed by atoms with Gasteiger partial charge in [-0.25, -0.2) is 4.79 Å². The number of hydrogen-bond donors (Lipinski definition) is 2. The van der Waals surface area contributed by atoms with Gasteiger partial charge in [0.1, 0.15) is 11.6 Å². The lowest BCUT2D eigenvalue weighted by atomic mass is 10.0. The van der Waals surface area contributed by atoms with Gasteiger partial charge in [-0.3, -0.25) is 0 Å². The van der Waals surface area contributed by atoms with Crippen LogP contribution in [0.5, 0.6) is 0 Å². The van der Waals surface area contributed by atoms with Crippen molar-refractivity contribution in [3.05, 3.63) is 5.89 Å². The number of anilines is 1. The van der Waals surface area contributed by atoms with Gasteiger partial charge in [0.15, 0.2) is 0 Å². The molecule has 0 aliphatic carbocycles. The largest absolute Gasteiger partial charge is 0.444 e. The zero-order valence-electron chi connectivity index (χ0n) is 12.1. The topological polar surface area (TPSA) is 103 Å². The van der Waals surface area contributed by atoms with E-state index in [1.54, 1.807) is 20.8 Å². The van der Waals surface area contributed by atoms with E-state index in [-0.39, 0.29) is 11.9 Å². The van der Waals surface area contributed by atoms with Gasteiger partial charge < -0.3 is 20.2 Å². The first-order valence-corrected chi connectivity index (χ1v) is 6.26. The maximum absolute atomic E-state index is 11.8. The van der Waals surface area contributed by atoms with Crippen LogP contribution in [-0.2, 0) is 4.74 Å². The van der Waals surface area contributed by atoms with Gasteiger partial charge in [-0.15, -0.1) is 5.10 Å². The first kappa shape index (κ1) is 15.3. The molecule has 1 aromatic rings. The zero-order valence-corrected chi connectivity index (χ0v) is 12.1. The number of aromatic nitrogens is 2. The molecule has 7 nitrogen and oxygen atoms in total. The Morgan fingerprint density at radius 2 is 2.05 bits per heavy atom. The molecule has 1 rings (SSSR count). The third-order valence-corrected chi connectivity index (χ3v) is 2.15. The normalized spacial score (nSPS) is 13.4. The van der Waals surface area contributed by atoms with Crippen LogP contribution in [0.15, 0.2) is 4.42 Å². The van der Waals surface area contributed by atoms with E-state index in [0.717, 1.165) is 0 Å². The van der Waals surface area contributed by atoms with Gasteiger partial charge in [-0.2, -0.15) is 0 Å². The van der Waals surface area contributed by atoms with E-state index in [1.807, 2.05) is 13.8 Å². The molecule has 0 aromatic carbocycles. The van der Waals surface area contributed by atoms with Crippen LogP contribution in [0.3, 0.4) is 0 Å². The predicted molar refractivity (Wildman–Crippen MR) is 70.3 cm³/mol. The first-order chi connectivity index (χ1) is 8.67. The molecule has 0 aliphatic heterocycles. The van der Waals surface area contributed by atoms with Crippen LogP contribution in [0.1, 0.15) is 53.0 Å². The fraction of sp³-hybridized carbons (Fsp3) is 0.750. The summed E-state index contributed by atoms with van der Waals surface area (Å²) in [4.78, 5) is 11.8. The lowest BCUT2D eigenvalue weighted by Gasteiger charge is -2.22. The number of nitrogen functional groups attached to an aromatic ring is 1. The summed E-state index contributed by atoms with van der Waals surface area (Å²) >= 11 is 0. The second kappa shape index (κ2) is 5.90. The monoisotopic (exact) mass is 270 g/mol. The smallest absolute Gasteiger partial charge is 0.408 e. The molecule has 1 heterocycles. The second-order valence-electron chi connectivity index (χ2n) is 5.81. The molecule has 1 aromatic heterocycles. The molecule has 0 radical (unpaired) electrons. The molecule has 108 valence electrons. The Kier molecular flexibility index (Phi) is 4.74. The minimum atomic E-state index is -0.555. The Morgan fingerprint density at radius 1 is 1.42 bits per heavy atom. The predicted octanol–water partition coefficient (Wildman–Crippen LogP) is 2.26. The lowest BCUT2D eigenvalue weighted by Crippen LogP contribution is -2.35. The van der Waals surface area contributed by atoms with Gasteiger partial charge in [-0.05, 0) is 33.1 Å². The van der Waals surface area contributed by atoms with Crippen LogP contribution in [-0.4, -0.2) is 21.9 Å². The molecular weight excluding hydrogens is 248 g/mol. The summed E-state index contributed by atoms with van der Waals surface area (Å²) in [5.74, 6) is 0.630. The van der Waals surface area contributed by atoms with Gasteiger partial charge in [0.25, 0.3) is 0 Å². The summed E-state index contributed by atoms with van der Waals surface area (Å²) in [6.45, 7) is 9.46. The standard InChI is InChI=1S/C12H22N4O3/c1-7(2)6-8(9-15-16-10(13)18-9)14-11(17)19-12(3,4)5/h7-8H,6H2,1-5H3,(H2,13,16)(H,14,17)/t8-/m0/s1. The summed E-state index contributed by atoms with van der Waals surface area (Å²) in [6, 6.07) is -0.422. The Morgan fingerprint density at radius 3 is 2.47 bits per heavy atom. The number of nitrogens with zero attached hydrogens (tertiary/aromatic N) is 2. The van der Waals surface area contributed by atoms with Crippen molar-refractivity contribution >= 4 is 12.1 Å². The molecule has 1 atom stereocenters. The maximum atomic E-state index is 11.8. The van der Waals surface area contributed by atoms with E-state index in [0.29, 0.717) is 12.3 Å². The van der Waals surface area contributed by atoms with Gasteiger partial charge >= 0.3 is 12.1 Å². The van der Waals surface area contributed by atoms with E-state index < -0.39 is 17.7 Å². The fourth-order valence-corrected chi connectivity index (χ4v) is 1.53. The van der Waals surface area contributed by atoms with Crippen LogP contribution in [0.2, 0.25) is 0 Å². The Bertz CT molecular complexity index is 423. The number of nitrogens with one attached hydrogen (secondary N) is 1. The number of rotatable bonds is 4. The van der Waals surface area contributed by atoms with E-state index in [1.165, 1.54) is 0 Å². The number of hydrogen-bond acceptors (Lipinski definition) is 6. The van der Waals surface area contributed by atoms with Gasteiger partial charge in [0.2, 0.25) is 5.89 Å². The van der Waals surface area contributed by atoms with Crippen molar-refractivity contribution in [3.63, 3.8) is 0 Å². The van der Waals surface area contributed by atoms with E-state index in [9.17, 15) is 4.79 Å². The first-order valence-electron chi connectivity index (χ1n) is 6.26. The van der Waals surface area contributed by atoms with Crippen molar-refractivity contribution in [1.29, 1.82) is 0 Å². The number of amides is 1. The second-order valence-corrected chi connectivity index (χ2v) is 5.81. The average molecular weight is 270 g/mol. The molecule has 19 heavy (non-hydrogen) atoms. The molecule has 0 spiro atoms. The highest BCUT2D eigenvalue weighted by Crippen LogP contribution is 2.21. The van der Waals surface area contributed by atoms with Crippen LogP contribution in [0, 0.1) is 5.92 Å². The molecule has 3 N–H and O–H groups in total. The summed E-state index contributed by atoms with van der Waals surface area (Å²) in [7, 11) is 0. The molecule has 7 heteroatoms. The minimum absolute atomic E-state index is 0.0188. The van der Waals surface area contributed by atoms with E-state index in [2.05, 4.69) is 15.5 Å². The van der Waals surface area contributed by atoms with Crippen LogP contribution < -0.4 is 11.1 Å².